The molecule has 10 N–H and O–H groups in total. The van der Waals surface area contributed by atoms with Crippen LogP contribution in [0.1, 0.15) is 6.42 Å². The van der Waals surface area contributed by atoms with Crippen molar-refractivity contribution in [3.8, 4) is 0 Å². The van der Waals surface area contributed by atoms with Gasteiger partial charge < -0.3 is 15.6 Å². The standard InChI is InChI=1S/C10H17N7O3/c11-7-15-6-4(3-20-9(13)19)14-8(12)17-2-1-5(18)10(6,17)16-7/h4-6,18H,1-3H2,(H7,11,12,13,14,15,16,19)/p+2/t4-,5-,6-,10+/m0/s1. The number of hydrogen-bond donors (Lipinski definition) is 7. The summed E-state index contributed by atoms with van der Waals surface area (Å²) in [6.45, 7) is 0.618. The number of amides is 1. The fourth-order valence-electron chi connectivity index (χ4n) is 3.36. The molecule has 1 amide bonds. The van der Waals surface area contributed by atoms with E-state index < -0.39 is 17.9 Å². The lowest BCUT2D eigenvalue weighted by molar-refractivity contribution is -0.660. The number of primary amides is 1. The maximum absolute atomic E-state index is 10.8. The molecule has 3 aliphatic rings. The lowest BCUT2D eigenvalue weighted by atomic mass is 9.89. The third-order valence-electron chi connectivity index (χ3n) is 4.13. The predicted octanol–water partition coefficient (Wildman–Crippen LogP) is -5.79. The van der Waals surface area contributed by atoms with Crippen LogP contribution in [0.2, 0.25) is 0 Å². The molecular weight excluding hydrogens is 266 g/mol. The van der Waals surface area contributed by atoms with Gasteiger partial charge in [0.1, 0.15) is 18.8 Å². The highest BCUT2D eigenvalue weighted by Gasteiger charge is 2.67. The molecule has 0 aromatic rings. The molecule has 0 radical (unpaired) electrons. The Kier molecular flexibility index (Phi) is 2.64. The molecule has 4 atom stereocenters. The van der Waals surface area contributed by atoms with Crippen molar-refractivity contribution in [1.29, 1.82) is 0 Å². The highest BCUT2D eigenvalue weighted by atomic mass is 16.5. The van der Waals surface area contributed by atoms with E-state index >= 15 is 0 Å². The average molecular weight is 285 g/mol. The summed E-state index contributed by atoms with van der Waals surface area (Å²) >= 11 is 0. The number of carbonyl (C=O) groups is 1. The van der Waals surface area contributed by atoms with Gasteiger partial charge in [0.25, 0.3) is 5.66 Å². The summed E-state index contributed by atoms with van der Waals surface area (Å²) in [6, 6.07) is -0.674. The first-order chi connectivity index (χ1) is 9.45. The van der Waals surface area contributed by atoms with Crippen molar-refractivity contribution in [2.45, 2.75) is 30.3 Å². The Balaban J connectivity index is 1.96. The lowest BCUT2D eigenvalue weighted by Crippen LogP contribution is -2.90. The molecular formula is C10H19N7O3+2. The van der Waals surface area contributed by atoms with Crippen LogP contribution in [0.5, 0.6) is 0 Å². The fraction of sp³-hybridized carbons (Fsp3) is 0.700. The number of nitrogens with one attached hydrogen (secondary N) is 3. The van der Waals surface area contributed by atoms with Gasteiger partial charge in [0.15, 0.2) is 6.04 Å². The van der Waals surface area contributed by atoms with Gasteiger partial charge in [-0.15, -0.1) is 0 Å². The summed E-state index contributed by atoms with van der Waals surface area (Å²) < 4.78 is 6.69. The number of nitrogens with two attached hydrogens (primary N) is 3. The topological polar surface area (TPSA) is 166 Å². The Hall–Kier alpha value is -2.23. The zero-order valence-corrected chi connectivity index (χ0v) is 10.8. The molecule has 110 valence electrons. The summed E-state index contributed by atoms with van der Waals surface area (Å²) in [5.41, 5.74) is 16.0. The first kappa shape index (κ1) is 12.8. The number of ether oxygens (including phenoxy) is 1. The van der Waals surface area contributed by atoms with Crippen LogP contribution in [0.15, 0.2) is 0 Å². The number of carbonyl (C=O) groups excluding carboxylic acids is 1. The van der Waals surface area contributed by atoms with Crippen LogP contribution in [0.4, 0.5) is 4.79 Å². The number of aliphatic hydroxyl groups excluding tert-OH is 1. The molecule has 10 nitrogen and oxygen atoms in total. The van der Waals surface area contributed by atoms with Gasteiger partial charge in [-0.2, -0.15) is 0 Å². The molecule has 3 rings (SSSR count). The van der Waals surface area contributed by atoms with Gasteiger partial charge in [-0.3, -0.25) is 21.8 Å². The van der Waals surface area contributed by atoms with E-state index in [1.165, 1.54) is 0 Å². The fourth-order valence-corrected chi connectivity index (χ4v) is 3.36. The highest BCUT2D eigenvalue weighted by molar-refractivity contribution is 5.78. The number of rotatable bonds is 2. The molecule has 3 aliphatic heterocycles. The van der Waals surface area contributed by atoms with Crippen molar-refractivity contribution < 1.29 is 24.2 Å². The molecule has 1 saturated heterocycles. The molecule has 0 saturated carbocycles. The third kappa shape index (κ3) is 1.57. The largest absolute Gasteiger partial charge is 0.446 e. The second kappa shape index (κ2) is 4.13. The molecule has 3 heterocycles. The summed E-state index contributed by atoms with van der Waals surface area (Å²) in [7, 11) is 0. The lowest BCUT2D eigenvalue weighted by Gasteiger charge is -2.37. The minimum atomic E-state index is -0.864. The normalized spacial score (nSPS) is 38.5. The summed E-state index contributed by atoms with van der Waals surface area (Å²) in [6.07, 6.45) is -0.959. The van der Waals surface area contributed by atoms with E-state index in [9.17, 15) is 9.90 Å². The van der Waals surface area contributed by atoms with Crippen molar-refractivity contribution in [2.75, 3.05) is 13.2 Å². The number of hydrogen-bond acceptors (Lipinski definition) is 7. The monoisotopic (exact) mass is 285 g/mol. The zero-order valence-electron chi connectivity index (χ0n) is 10.8. The van der Waals surface area contributed by atoms with Crippen LogP contribution >= 0.6 is 0 Å². The van der Waals surface area contributed by atoms with E-state index in [1.54, 1.807) is 0 Å². The van der Waals surface area contributed by atoms with Gasteiger partial charge in [0, 0.05) is 6.42 Å². The number of aliphatic hydroxyl groups is 1. The SMILES string of the molecule is NC(=O)OC[C@@H]1NC(N)=[N+]2CC[C@H](O)[C@@]23NC(N)=[NH+][C@@H]13. The van der Waals surface area contributed by atoms with Gasteiger partial charge in [0.05, 0.1) is 6.54 Å². The van der Waals surface area contributed by atoms with Crippen LogP contribution in [0.25, 0.3) is 0 Å². The second-order valence-electron chi connectivity index (χ2n) is 5.21. The van der Waals surface area contributed by atoms with Crippen LogP contribution in [-0.4, -0.2) is 64.7 Å². The van der Waals surface area contributed by atoms with E-state index in [0.717, 1.165) is 0 Å². The van der Waals surface area contributed by atoms with Gasteiger partial charge in [-0.25, -0.2) is 14.7 Å². The Labute approximate surface area is 114 Å². The molecule has 1 spiro atoms. The van der Waals surface area contributed by atoms with E-state index in [2.05, 4.69) is 15.6 Å². The van der Waals surface area contributed by atoms with Crippen LogP contribution in [0.3, 0.4) is 0 Å². The smallest absolute Gasteiger partial charge is 0.404 e. The number of guanidine groups is 2. The van der Waals surface area contributed by atoms with Crippen molar-refractivity contribution in [2.24, 2.45) is 17.2 Å². The second-order valence-corrected chi connectivity index (χ2v) is 5.21. The summed E-state index contributed by atoms with van der Waals surface area (Å²) in [5, 5.41) is 16.5. The van der Waals surface area contributed by atoms with Gasteiger partial charge >= 0.3 is 18.0 Å². The average Bonchev–Trinajstić information content (AvgIpc) is 2.88. The van der Waals surface area contributed by atoms with E-state index in [-0.39, 0.29) is 18.7 Å². The van der Waals surface area contributed by atoms with Crippen molar-refractivity contribution >= 4 is 18.0 Å². The van der Waals surface area contributed by atoms with E-state index in [4.69, 9.17) is 21.9 Å². The Morgan fingerprint density at radius 2 is 2.35 bits per heavy atom. The number of nitrogens with zero attached hydrogens (tertiary/aromatic N) is 1. The molecule has 0 aliphatic carbocycles. The maximum atomic E-state index is 10.8. The summed E-state index contributed by atoms with van der Waals surface area (Å²) in [4.78, 5) is 13.8. The first-order valence-corrected chi connectivity index (χ1v) is 6.39. The van der Waals surface area contributed by atoms with E-state index in [0.29, 0.717) is 24.9 Å². The Bertz CT molecular complexity index is 519. The predicted molar refractivity (Wildman–Crippen MR) is 67.2 cm³/mol. The van der Waals surface area contributed by atoms with Crippen LogP contribution in [0, 0.1) is 0 Å². The Morgan fingerprint density at radius 3 is 3.05 bits per heavy atom. The zero-order chi connectivity index (χ0) is 14.5. The molecule has 1 fully saturated rings. The minimum Gasteiger partial charge on any atom is -0.446 e. The highest BCUT2D eigenvalue weighted by Crippen LogP contribution is 2.30. The first-order valence-electron chi connectivity index (χ1n) is 6.39. The van der Waals surface area contributed by atoms with Gasteiger partial charge in [0.2, 0.25) is 0 Å². The maximum Gasteiger partial charge on any atom is 0.404 e. The molecule has 0 unspecified atom stereocenters. The molecule has 0 bridgehead atoms. The van der Waals surface area contributed by atoms with Gasteiger partial charge in [-0.1, -0.05) is 0 Å². The van der Waals surface area contributed by atoms with Crippen molar-refractivity contribution in [3.05, 3.63) is 0 Å². The van der Waals surface area contributed by atoms with Gasteiger partial charge in [-0.05, 0) is 0 Å². The summed E-state index contributed by atoms with van der Waals surface area (Å²) in [5.74, 6) is 0.751. The molecule has 0 aromatic heterocycles. The third-order valence-corrected chi connectivity index (χ3v) is 4.13. The molecule has 0 aromatic carbocycles. The van der Waals surface area contributed by atoms with Crippen molar-refractivity contribution in [3.63, 3.8) is 0 Å². The molecule has 20 heavy (non-hydrogen) atoms. The molecule has 10 heteroatoms. The van der Waals surface area contributed by atoms with Crippen LogP contribution in [-0.2, 0) is 4.74 Å². The van der Waals surface area contributed by atoms with Crippen molar-refractivity contribution in [1.82, 2.24) is 10.6 Å². The quantitative estimate of drug-likeness (QED) is 0.248. The Morgan fingerprint density at radius 1 is 1.60 bits per heavy atom. The van der Waals surface area contributed by atoms with E-state index in [1.807, 2.05) is 4.58 Å². The van der Waals surface area contributed by atoms with Crippen LogP contribution < -0.4 is 32.8 Å². The minimum absolute atomic E-state index is 0.0188.